The van der Waals surface area contributed by atoms with E-state index in [1.807, 2.05) is 23.2 Å². The number of nitrogens with one attached hydrogen (secondary N) is 1. The van der Waals surface area contributed by atoms with E-state index < -0.39 is 0 Å². The van der Waals surface area contributed by atoms with Gasteiger partial charge in [0.1, 0.15) is 6.04 Å². The summed E-state index contributed by atoms with van der Waals surface area (Å²) in [5.74, 6) is 0.754. The molecular formula is C29H34N4O. The van der Waals surface area contributed by atoms with Crippen LogP contribution in [0, 0.1) is 11.8 Å². The molecule has 5 rings (SSSR count). The van der Waals surface area contributed by atoms with Crippen LogP contribution in [0.15, 0.2) is 79.5 Å². The largest absolute Gasteiger partial charge is 0.357 e. The van der Waals surface area contributed by atoms with E-state index in [1.54, 1.807) is 6.20 Å². The van der Waals surface area contributed by atoms with Gasteiger partial charge in [-0.1, -0.05) is 75.7 Å². The molecule has 0 unspecified atom stereocenters. The highest BCUT2D eigenvalue weighted by Gasteiger charge is 2.43. The van der Waals surface area contributed by atoms with Crippen LogP contribution in [0.5, 0.6) is 0 Å². The summed E-state index contributed by atoms with van der Waals surface area (Å²) in [5, 5.41) is 3.40. The Balaban J connectivity index is 1.48. The van der Waals surface area contributed by atoms with Crippen LogP contribution in [-0.4, -0.2) is 32.4 Å². The maximum Gasteiger partial charge on any atom is 0.243 e. The zero-order valence-corrected chi connectivity index (χ0v) is 20.2. The van der Waals surface area contributed by atoms with Gasteiger partial charge in [-0.05, 0) is 47.4 Å². The fourth-order valence-corrected chi connectivity index (χ4v) is 5.92. The van der Waals surface area contributed by atoms with Gasteiger partial charge in [-0.3, -0.25) is 4.79 Å². The second-order valence-corrected chi connectivity index (χ2v) is 9.66. The zero-order valence-electron chi connectivity index (χ0n) is 20.2. The minimum atomic E-state index is -0.210. The second-order valence-electron chi connectivity index (χ2n) is 9.66. The highest BCUT2D eigenvalue weighted by Crippen LogP contribution is 2.37. The van der Waals surface area contributed by atoms with Gasteiger partial charge in [-0.25, -0.2) is 4.98 Å². The molecule has 0 radical (unpaired) electrons. The Labute approximate surface area is 202 Å². The minimum absolute atomic E-state index is 0.0501. The molecule has 5 heteroatoms. The van der Waals surface area contributed by atoms with Gasteiger partial charge < -0.3 is 14.8 Å². The van der Waals surface area contributed by atoms with Gasteiger partial charge in [-0.15, -0.1) is 0 Å². The van der Waals surface area contributed by atoms with Crippen molar-refractivity contribution in [2.45, 2.75) is 58.2 Å². The number of imidazole rings is 1. The predicted molar refractivity (Wildman–Crippen MR) is 135 cm³/mol. The molecule has 2 heterocycles. The normalized spacial score (nSPS) is 20.6. The molecule has 1 amide bonds. The van der Waals surface area contributed by atoms with Crippen molar-refractivity contribution in [3.05, 3.63) is 96.2 Å². The molecule has 1 aliphatic carbocycles. The lowest BCUT2D eigenvalue weighted by atomic mass is 9.85. The van der Waals surface area contributed by atoms with Crippen molar-refractivity contribution in [3.8, 4) is 5.69 Å². The Hall–Kier alpha value is -3.34. The number of fused-ring (bicyclic) bond motifs is 1. The van der Waals surface area contributed by atoms with Crippen LogP contribution in [0.25, 0.3) is 5.69 Å². The highest BCUT2D eigenvalue weighted by molar-refractivity contribution is 5.84. The third-order valence-electron chi connectivity index (χ3n) is 7.79. The zero-order chi connectivity index (χ0) is 23.7. The lowest BCUT2D eigenvalue weighted by Gasteiger charge is -2.47. The van der Waals surface area contributed by atoms with Crippen LogP contribution in [0.4, 0.5) is 0 Å². The van der Waals surface area contributed by atoms with Crippen molar-refractivity contribution >= 4 is 5.91 Å². The van der Waals surface area contributed by atoms with Gasteiger partial charge in [0.15, 0.2) is 0 Å². The highest BCUT2D eigenvalue weighted by atomic mass is 16.2. The van der Waals surface area contributed by atoms with E-state index in [9.17, 15) is 4.79 Å². The van der Waals surface area contributed by atoms with Crippen LogP contribution in [-0.2, 0) is 24.2 Å². The van der Waals surface area contributed by atoms with E-state index in [0.717, 1.165) is 37.1 Å². The van der Waals surface area contributed by atoms with E-state index in [0.29, 0.717) is 12.5 Å². The molecule has 34 heavy (non-hydrogen) atoms. The molecule has 1 aromatic heterocycles. The monoisotopic (exact) mass is 454 g/mol. The Kier molecular flexibility index (Phi) is 6.27. The maximum absolute atomic E-state index is 13.6. The number of rotatable bonds is 7. The van der Waals surface area contributed by atoms with Gasteiger partial charge in [0.2, 0.25) is 5.91 Å². The Morgan fingerprint density at radius 1 is 1.06 bits per heavy atom. The minimum Gasteiger partial charge on any atom is -0.357 e. The number of hydrogen-bond donors (Lipinski definition) is 1. The fourth-order valence-electron chi connectivity index (χ4n) is 5.92. The average molecular weight is 455 g/mol. The summed E-state index contributed by atoms with van der Waals surface area (Å²) in [7, 11) is 0. The third-order valence-corrected chi connectivity index (χ3v) is 7.79. The van der Waals surface area contributed by atoms with Crippen molar-refractivity contribution in [2.75, 3.05) is 0 Å². The summed E-state index contributed by atoms with van der Waals surface area (Å²) in [6.07, 6.45) is 9.47. The van der Waals surface area contributed by atoms with E-state index in [2.05, 4.69) is 78.1 Å². The lowest BCUT2D eigenvalue weighted by Crippen LogP contribution is -2.62. The Bertz CT molecular complexity index is 1140. The van der Waals surface area contributed by atoms with Crippen LogP contribution in [0.2, 0.25) is 0 Å². The molecule has 5 nitrogen and oxygen atoms in total. The van der Waals surface area contributed by atoms with Crippen molar-refractivity contribution in [1.29, 1.82) is 0 Å². The molecule has 1 saturated heterocycles. The first-order chi connectivity index (χ1) is 16.6. The quantitative estimate of drug-likeness (QED) is 0.552. The van der Waals surface area contributed by atoms with E-state index >= 15 is 0 Å². The molecule has 0 bridgehead atoms. The molecule has 0 saturated carbocycles. The van der Waals surface area contributed by atoms with Gasteiger partial charge in [0, 0.05) is 24.6 Å². The van der Waals surface area contributed by atoms with Crippen molar-refractivity contribution in [3.63, 3.8) is 0 Å². The maximum atomic E-state index is 13.6. The van der Waals surface area contributed by atoms with Crippen LogP contribution >= 0.6 is 0 Å². The van der Waals surface area contributed by atoms with Crippen molar-refractivity contribution in [2.24, 2.45) is 11.8 Å². The predicted octanol–water partition coefficient (Wildman–Crippen LogP) is 4.91. The molecule has 0 spiro atoms. The molecule has 176 valence electrons. The van der Waals surface area contributed by atoms with Crippen LogP contribution in [0.1, 0.15) is 43.4 Å². The van der Waals surface area contributed by atoms with Gasteiger partial charge >= 0.3 is 0 Å². The SMILES string of the molecule is C=C1[C@@H](C2Cc3ccccc3C2)NC(=O)[C@@H](C(CC)CC)N1Cc1ccccc1-n1ccnc1. The summed E-state index contributed by atoms with van der Waals surface area (Å²) in [6.45, 7) is 9.62. The van der Waals surface area contributed by atoms with Crippen molar-refractivity contribution < 1.29 is 4.79 Å². The lowest BCUT2D eigenvalue weighted by molar-refractivity contribution is -0.132. The molecule has 1 fully saturated rings. The number of para-hydroxylation sites is 1. The molecular weight excluding hydrogens is 420 g/mol. The van der Waals surface area contributed by atoms with E-state index in [1.165, 1.54) is 16.7 Å². The summed E-state index contributed by atoms with van der Waals surface area (Å²) in [5.41, 5.74) is 6.09. The summed E-state index contributed by atoms with van der Waals surface area (Å²) in [4.78, 5) is 20.2. The molecule has 2 aliphatic rings. The molecule has 3 aromatic rings. The second kappa shape index (κ2) is 9.49. The molecule has 1 N–H and O–H groups in total. The molecule has 1 aliphatic heterocycles. The van der Waals surface area contributed by atoms with Crippen LogP contribution < -0.4 is 5.32 Å². The summed E-state index contributed by atoms with van der Waals surface area (Å²) in [6, 6.07) is 16.8. The number of carbonyl (C=O) groups is 1. The fraction of sp³-hybridized carbons (Fsp3) is 0.379. The van der Waals surface area contributed by atoms with E-state index in [4.69, 9.17) is 0 Å². The molecule has 2 atom stereocenters. The molecule has 2 aromatic carbocycles. The smallest absolute Gasteiger partial charge is 0.243 e. The summed E-state index contributed by atoms with van der Waals surface area (Å²) >= 11 is 0. The summed E-state index contributed by atoms with van der Waals surface area (Å²) < 4.78 is 2.04. The standard InChI is InChI=1S/C29H34N4O/c1-4-21(5-2)28-29(34)31-27(25-16-22-10-6-7-11-23(22)17-25)20(3)33(28)18-24-12-8-9-13-26(24)32-15-14-30-19-32/h6-15,19,21,25,27-28H,3-5,16-18H2,1-2H3,(H,31,34)/t27-,28+/m0/s1. The number of amides is 1. The van der Waals surface area contributed by atoms with Gasteiger partial charge in [-0.2, -0.15) is 0 Å². The first-order valence-electron chi connectivity index (χ1n) is 12.5. The number of nitrogens with zero attached hydrogens (tertiary/aromatic N) is 3. The third kappa shape index (κ3) is 4.04. The van der Waals surface area contributed by atoms with Crippen molar-refractivity contribution in [1.82, 2.24) is 19.8 Å². The topological polar surface area (TPSA) is 50.2 Å². The van der Waals surface area contributed by atoms with Crippen LogP contribution in [0.3, 0.4) is 0 Å². The van der Waals surface area contributed by atoms with Gasteiger partial charge in [0.05, 0.1) is 18.1 Å². The number of benzene rings is 2. The van der Waals surface area contributed by atoms with Gasteiger partial charge in [0.25, 0.3) is 0 Å². The number of piperazine rings is 1. The first kappa shape index (κ1) is 22.5. The Morgan fingerprint density at radius 3 is 2.38 bits per heavy atom. The Morgan fingerprint density at radius 2 is 1.74 bits per heavy atom. The number of carbonyl (C=O) groups excluding carboxylic acids is 1. The number of hydrogen-bond acceptors (Lipinski definition) is 3. The number of aromatic nitrogens is 2. The first-order valence-corrected chi connectivity index (χ1v) is 12.5. The average Bonchev–Trinajstić information content (AvgIpc) is 3.54. The van der Waals surface area contributed by atoms with E-state index in [-0.39, 0.29) is 23.9 Å².